The van der Waals surface area contributed by atoms with Gasteiger partial charge in [-0.25, -0.2) is 12.8 Å². The van der Waals surface area contributed by atoms with E-state index in [-0.39, 0.29) is 33.9 Å². The molecule has 1 aromatic heterocycles. The summed E-state index contributed by atoms with van der Waals surface area (Å²) < 4.78 is 61.3. The van der Waals surface area contributed by atoms with E-state index < -0.39 is 38.8 Å². The van der Waals surface area contributed by atoms with Crippen molar-refractivity contribution >= 4 is 27.0 Å². The molecule has 0 spiro atoms. The standard InChI is InChI=1S/C30H35FN2O6S2/c1-7-9-19(3)40(36)32-20(4)24-16-29(34)33(5)17-26(24)25-14-21(18-41(37,38)8-2)10-12-23(25)30(35)22-11-13-27(31)28(15-22)39-6/h10-17,20,32H,3,7-9,18H2,1-2,4-6H3/t20-,40+/m0/s1. The van der Waals surface area contributed by atoms with Crippen LogP contribution >= 0.6 is 0 Å². The van der Waals surface area contributed by atoms with Gasteiger partial charge in [0.2, 0.25) is 0 Å². The number of carbonyl (C=O) groups excluding carboxylic acids is 1. The Kier molecular flexibility index (Phi) is 10.7. The van der Waals surface area contributed by atoms with E-state index in [1.54, 1.807) is 39.2 Å². The molecule has 0 radical (unpaired) electrons. The lowest BCUT2D eigenvalue weighted by atomic mass is 9.89. The first-order valence-electron chi connectivity index (χ1n) is 13.1. The third-order valence-electron chi connectivity index (χ3n) is 6.66. The average Bonchev–Trinajstić information content (AvgIpc) is 2.94. The van der Waals surface area contributed by atoms with Gasteiger partial charge in [-0.2, -0.15) is 0 Å². The number of sulfone groups is 1. The summed E-state index contributed by atoms with van der Waals surface area (Å²) in [6, 6.07) is 9.28. The summed E-state index contributed by atoms with van der Waals surface area (Å²) in [7, 11) is -0.544. The number of hydrogen-bond donors (Lipinski definition) is 1. The minimum absolute atomic E-state index is 0.0576. The highest BCUT2D eigenvalue weighted by atomic mass is 32.2. The zero-order valence-electron chi connectivity index (χ0n) is 23.8. The summed E-state index contributed by atoms with van der Waals surface area (Å²) in [6.45, 7) is 9.13. The van der Waals surface area contributed by atoms with Crippen LogP contribution in [0.4, 0.5) is 4.39 Å². The minimum atomic E-state index is -3.40. The van der Waals surface area contributed by atoms with Gasteiger partial charge in [0.15, 0.2) is 27.2 Å². The fourth-order valence-corrected chi connectivity index (χ4v) is 6.22. The molecule has 3 rings (SSSR count). The Bertz CT molecular complexity index is 1620. The van der Waals surface area contributed by atoms with Gasteiger partial charge in [0.25, 0.3) is 5.56 Å². The van der Waals surface area contributed by atoms with Gasteiger partial charge in [0, 0.05) is 48.2 Å². The molecular formula is C30H35FN2O6S2. The van der Waals surface area contributed by atoms with E-state index in [0.29, 0.717) is 33.6 Å². The van der Waals surface area contributed by atoms with Crippen molar-refractivity contribution in [1.82, 2.24) is 9.29 Å². The molecule has 0 bridgehead atoms. The number of ketones is 1. The van der Waals surface area contributed by atoms with Crippen molar-refractivity contribution in [3.8, 4) is 16.9 Å². The van der Waals surface area contributed by atoms with Crippen LogP contribution < -0.4 is 15.0 Å². The summed E-state index contributed by atoms with van der Waals surface area (Å²) in [5.41, 5.74) is 1.81. The number of allylic oxidation sites excluding steroid dienone is 1. The molecule has 0 saturated carbocycles. The molecule has 3 aromatic rings. The lowest BCUT2D eigenvalue weighted by molar-refractivity contribution is 0.103. The minimum Gasteiger partial charge on any atom is -0.593 e. The third kappa shape index (κ3) is 7.73. The summed E-state index contributed by atoms with van der Waals surface area (Å²) in [5.74, 6) is -1.48. The molecule has 2 atom stereocenters. The van der Waals surface area contributed by atoms with E-state index in [0.717, 1.165) is 12.5 Å². The van der Waals surface area contributed by atoms with Gasteiger partial charge in [-0.15, -0.1) is 4.72 Å². The van der Waals surface area contributed by atoms with E-state index in [9.17, 15) is 27.0 Å². The van der Waals surface area contributed by atoms with Crippen LogP contribution in [0.25, 0.3) is 11.1 Å². The SMILES string of the molecule is C=C(CCC)[S@@+]([O-])N[C@@H](C)c1cc(=O)n(C)cc1-c1cc(CS(=O)(=O)CC)ccc1C(=O)c1ccc(F)c(OC)c1. The van der Waals surface area contributed by atoms with Crippen LogP contribution in [0, 0.1) is 5.82 Å². The van der Waals surface area contributed by atoms with Crippen LogP contribution in [-0.2, 0) is 34.0 Å². The van der Waals surface area contributed by atoms with Gasteiger partial charge >= 0.3 is 0 Å². The number of halogens is 1. The maximum absolute atomic E-state index is 14.1. The van der Waals surface area contributed by atoms with Crippen molar-refractivity contribution in [3.63, 3.8) is 0 Å². The Morgan fingerprint density at radius 2 is 1.88 bits per heavy atom. The van der Waals surface area contributed by atoms with E-state index in [1.807, 2.05) is 6.92 Å². The Morgan fingerprint density at radius 1 is 1.17 bits per heavy atom. The summed E-state index contributed by atoms with van der Waals surface area (Å²) in [6.07, 6.45) is 2.89. The number of hydrogen-bond acceptors (Lipinski definition) is 7. The summed E-state index contributed by atoms with van der Waals surface area (Å²) >= 11 is -1.59. The predicted molar refractivity (Wildman–Crippen MR) is 160 cm³/mol. The van der Waals surface area contributed by atoms with Crippen molar-refractivity contribution in [1.29, 1.82) is 0 Å². The monoisotopic (exact) mass is 602 g/mol. The molecule has 0 unspecified atom stereocenters. The topological polar surface area (TPSA) is 118 Å². The molecule has 8 nitrogen and oxygen atoms in total. The number of aromatic nitrogens is 1. The van der Waals surface area contributed by atoms with Gasteiger partial charge in [0.1, 0.15) is 4.91 Å². The van der Waals surface area contributed by atoms with E-state index in [4.69, 9.17) is 4.74 Å². The highest BCUT2D eigenvalue weighted by Crippen LogP contribution is 2.34. The summed E-state index contributed by atoms with van der Waals surface area (Å²) in [5, 5.41) is 0. The lowest BCUT2D eigenvalue weighted by Crippen LogP contribution is -2.29. The van der Waals surface area contributed by atoms with Gasteiger partial charge in [-0.1, -0.05) is 26.0 Å². The van der Waals surface area contributed by atoms with Crippen LogP contribution in [0.2, 0.25) is 0 Å². The highest BCUT2D eigenvalue weighted by Gasteiger charge is 2.25. The van der Waals surface area contributed by atoms with Crippen LogP contribution in [-0.4, -0.2) is 36.2 Å². The second kappa shape index (κ2) is 13.6. The number of pyridine rings is 1. The van der Waals surface area contributed by atoms with E-state index >= 15 is 0 Å². The predicted octanol–water partition coefficient (Wildman–Crippen LogP) is 4.99. The third-order valence-corrected chi connectivity index (χ3v) is 9.61. The number of aryl methyl sites for hydroxylation is 1. The molecule has 1 heterocycles. The molecular weight excluding hydrogens is 567 g/mol. The zero-order chi connectivity index (χ0) is 30.5. The molecule has 41 heavy (non-hydrogen) atoms. The van der Waals surface area contributed by atoms with Crippen molar-refractivity contribution in [2.75, 3.05) is 12.9 Å². The molecule has 0 saturated heterocycles. The Labute approximate surface area is 243 Å². The van der Waals surface area contributed by atoms with Gasteiger partial charge in [-0.05, 0) is 60.9 Å². The fourth-order valence-electron chi connectivity index (χ4n) is 4.32. The largest absolute Gasteiger partial charge is 0.593 e. The number of nitrogens with zero attached hydrogens (tertiary/aromatic N) is 1. The first-order valence-corrected chi connectivity index (χ1v) is 16.1. The number of methoxy groups -OCH3 is 1. The van der Waals surface area contributed by atoms with Crippen LogP contribution in [0.3, 0.4) is 0 Å². The highest BCUT2D eigenvalue weighted by molar-refractivity contribution is 7.93. The first kappa shape index (κ1) is 32.3. The Morgan fingerprint density at radius 3 is 2.51 bits per heavy atom. The van der Waals surface area contributed by atoms with Crippen molar-refractivity contribution in [3.05, 3.63) is 98.6 Å². The smallest absolute Gasteiger partial charge is 0.250 e. The number of benzene rings is 2. The van der Waals surface area contributed by atoms with Crippen molar-refractivity contribution in [2.24, 2.45) is 7.05 Å². The van der Waals surface area contributed by atoms with E-state index in [1.165, 1.54) is 35.9 Å². The first-order chi connectivity index (χ1) is 19.3. The van der Waals surface area contributed by atoms with Crippen LogP contribution in [0.5, 0.6) is 5.75 Å². The number of nitrogens with one attached hydrogen (secondary N) is 1. The second-order valence-electron chi connectivity index (χ2n) is 9.72. The van der Waals surface area contributed by atoms with Gasteiger partial charge in [0.05, 0.1) is 30.3 Å². The molecule has 0 aliphatic heterocycles. The summed E-state index contributed by atoms with van der Waals surface area (Å²) in [4.78, 5) is 27.0. The van der Waals surface area contributed by atoms with Crippen LogP contribution in [0.1, 0.15) is 66.7 Å². The molecule has 2 aromatic carbocycles. The molecule has 1 N–H and O–H groups in total. The Hall–Kier alpha value is -3.25. The number of carbonyl (C=O) groups is 1. The van der Waals surface area contributed by atoms with Crippen LogP contribution in [0.15, 0.2) is 64.9 Å². The number of rotatable bonds is 13. The maximum Gasteiger partial charge on any atom is 0.250 e. The second-order valence-corrected chi connectivity index (χ2v) is 13.4. The van der Waals surface area contributed by atoms with Crippen molar-refractivity contribution in [2.45, 2.75) is 45.4 Å². The molecule has 0 amide bonds. The number of ether oxygens (including phenoxy) is 1. The molecule has 11 heteroatoms. The normalized spacial score (nSPS) is 13.0. The van der Waals surface area contributed by atoms with Crippen molar-refractivity contribution < 1.29 is 26.9 Å². The van der Waals surface area contributed by atoms with Gasteiger partial charge in [-0.3, -0.25) is 9.59 Å². The molecule has 0 aliphatic carbocycles. The van der Waals surface area contributed by atoms with E-state index in [2.05, 4.69) is 11.3 Å². The maximum atomic E-state index is 14.1. The fraction of sp³-hybridized carbons (Fsp3) is 0.333. The molecule has 0 fully saturated rings. The molecule has 220 valence electrons. The lowest BCUT2D eigenvalue weighted by Gasteiger charge is -2.22. The molecule has 0 aliphatic rings. The average molecular weight is 603 g/mol. The Balaban J connectivity index is 2.25. The van der Waals surface area contributed by atoms with Gasteiger partial charge < -0.3 is 13.9 Å². The quantitative estimate of drug-likeness (QED) is 0.216. The zero-order valence-corrected chi connectivity index (χ0v) is 25.5.